The first-order valence-electron chi connectivity index (χ1n) is 7.93. The summed E-state index contributed by atoms with van der Waals surface area (Å²) < 4.78 is 10.1. The van der Waals surface area contributed by atoms with Crippen molar-refractivity contribution in [3.05, 3.63) is 60.7 Å². The van der Waals surface area contributed by atoms with E-state index in [0.717, 1.165) is 0 Å². The molecule has 0 bridgehead atoms. The van der Waals surface area contributed by atoms with Crippen molar-refractivity contribution in [2.75, 3.05) is 0 Å². The topological polar surface area (TPSA) is 52.6 Å². The molecule has 2 aromatic rings. The average molecular weight is 328 g/mol. The van der Waals surface area contributed by atoms with E-state index in [1.165, 1.54) is 0 Å². The molecule has 0 heterocycles. The summed E-state index contributed by atoms with van der Waals surface area (Å²) in [4.78, 5) is 22.2. The highest BCUT2D eigenvalue weighted by Gasteiger charge is 2.09. The van der Waals surface area contributed by atoms with Gasteiger partial charge < -0.3 is 9.47 Å². The van der Waals surface area contributed by atoms with Gasteiger partial charge in [0.1, 0.15) is 11.5 Å². The third kappa shape index (κ3) is 7.58. The molecular weight excluding hydrogens is 304 g/mol. The molecule has 0 saturated carbocycles. The van der Waals surface area contributed by atoms with Crippen LogP contribution in [0.25, 0.3) is 0 Å². The summed E-state index contributed by atoms with van der Waals surface area (Å²) in [6.07, 6.45) is 0. The monoisotopic (exact) mass is 328 g/mol. The fraction of sp³-hybridized carbons (Fsp3) is 0.300. The Labute approximate surface area is 143 Å². The summed E-state index contributed by atoms with van der Waals surface area (Å²) in [6, 6.07) is 18.2. The maximum Gasteiger partial charge on any atom is 0.313 e. The smallest absolute Gasteiger partial charge is 0.313 e. The molecule has 128 valence electrons. The Morgan fingerprint density at radius 2 is 0.917 bits per heavy atom. The van der Waals surface area contributed by atoms with Crippen molar-refractivity contribution < 1.29 is 19.1 Å². The molecule has 0 radical (unpaired) electrons. The van der Waals surface area contributed by atoms with E-state index in [2.05, 4.69) is 0 Å². The van der Waals surface area contributed by atoms with Crippen LogP contribution in [-0.2, 0) is 9.59 Å². The van der Waals surface area contributed by atoms with Gasteiger partial charge in [-0.25, -0.2) is 0 Å². The van der Waals surface area contributed by atoms with Gasteiger partial charge >= 0.3 is 11.9 Å². The van der Waals surface area contributed by atoms with Crippen LogP contribution >= 0.6 is 0 Å². The van der Waals surface area contributed by atoms with Gasteiger partial charge in [0.05, 0.1) is 11.8 Å². The molecule has 0 N–H and O–H groups in total. The Bertz CT molecular complexity index is 561. The van der Waals surface area contributed by atoms with Crippen molar-refractivity contribution in [2.24, 2.45) is 11.8 Å². The van der Waals surface area contributed by atoms with Crippen molar-refractivity contribution in [3.63, 3.8) is 0 Å². The van der Waals surface area contributed by atoms with Crippen LogP contribution in [0.2, 0.25) is 0 Å². The second-order valence-electron chi connectivity index (χ2n) is 5.78. The molecule has 0 aromatic heterocycles. The molecule has 0 aliphatic rings. The van der Waals surface area contributed by atoms with Gasteiger partial charge in [0.15, 0.2) is 0 Å². The molecule has 0 fully saturated rings. The van der Waals surface area contributed by atoms with E-state index in [0.29, 0.717) is 11.5 Å². The van der Waals surface area contributed by atoms with E-state index >= 15 is 0 Å². The number of carbonyl (C=O) groups excluding carboxylic acids is 2. The average Bonchev–Trinajstić information content (AvgIpc) is 2.57. The largest absolute Gasteiger partial charge is 0.426 e. The molecule has 24 heavy (non-hydrogen) atoms. The highest BCUT2D eigenvalue weighted by Crippen LogP contribution is 2.11. The molecule has 0 aliphatic carbocycles. The van der Waals surface area contributed by atoms with Crippen LogP contribution < -0.4 is 9.47 Å². The van der Waals surface area contributed by atoms with Crippen molar-refractivity contribution in [2.45, 2.75) is 27.7 Å². The molecule has 0 amide bonds. The van der Waals surface area contributed by atoms with Crippen molar-refractivity contribution in [1.29, 1.82) is 0 Å². The van der Waals surface area contributed by atoms with Gasteiger partial charge in [0.25, 0.3) is 0 Å². The number of rotatable bonds is 4. The zero-order valence-electron chi connectivity index (χ0n) is 14.6. The lowest BCUT2D eigenvalue weighted by atomic mass is 10.2. The summed E-state index contributed by atoms with van der Waals surface area (Å²) in [5, 5.41) is 0. The summed E-state index contributed by atoms with van der Waals surface area (Å²) in [6.45, 7) is 7.24. The van der Waals surface area contributed by atoms with E-state index in [4.69, 9.17) is 9.47 Å². The third-order valence-electron chi connectivity index (χ3n) is 2.87. The molecule has 0 spiro atoms. The Balaban J connectivity index is 0.000000240. The molecule has 4 nitrogen and oxygen atoms in total. The van der Waals surface area contributed by atoms with Gasteiger partial charge in [-0.3, -0.25) is 9.59 Å². The van der Waals surface area contributed by atoms with Crippen LogP contribution in [-0.4, -0.2) is 11.9 Å². The number of ether oxygens (including phenoxy) is 2. The zero-order chi connectivity index (χ0) is 17.9. The SMILES string of the molecule is CC(C)C(=O)Oc1ccccc1.CC(C)C(=O)Oc1ccccc1. The van der Waals surface area contributed by atoms with Gasteiger partial charge in [-0.1, -0.05) is 64.1 Å². The predicted molar refractivity (Wildman–Crippen MR) is 93.8 cm³/mol. The van der Waals surface area contributed by atoms with E-state index in [1.807, 2.05) is 64.1 Å². The van der Waals surface area contributed by atoms with Gasteiger partial charge in [-0.15, -0.1) is 0 Å². The maximum atomic E-state index is 11.1. The van der Waals surface area contributed by atoms with E-state index < -0.39 is 0 Å². The van der Waals surface area contributed by atoms with Crippen molar-refractivity contribution >= 4 is 11.9 Å². The molecule has 0 atom stereocenters. The zero-order valence-corrected chi connectivity index (χ0v) is 14.6. The maximum absolute atomic E-state index is 11.1. The molecule has 0 unspecified atom stereocenters. The number of para-hydroxylation sites is 2. The van der Waals surface area contributed by atoms with Crippen molar-refractivity contribution in [3.8, 4) is 11.5 Å². The molecule has 0 saturated heterocycles. The first-order valence-corrected chi connectivity index (χ1v) is 7.93. The normalized spacial score (nSPS) is 9.92. The molecule has 4 heteroatoms. The van der Waals surface area contributed by atoms with E-state index in [-0.39, 0.29) is 23.8 Å². The Kier molecular flexibility index (Phi) is 8.26. The number of carbonyl (C=O) groups is 2. The van der Waals surface area contributed by atoms with Crippen LogP contribution in [0.3, 0.4) is 0 Å². The predicted octanol–water partition coefficient (Wildman–Crippen LogP) is 4.50. The van der Waals surface area contributed by atoms with Crippen LogP contribution in [0, 0.1) is 11.8 Å². The molecular formula is C20H24O4. The van der Waals surface area contributed by atoms with Crippen LogP contribution in [0.4, 0.5) is 0 Å². The highest BCUT2D eigenvalue weighted by atomic mass is 16.5. The number of hydrogen-bond acceptors (Lipinski definition) is 4. The summed E-state index contributed by atoms with van der Waals surface area (Å²) >= 11 is 0. The Morgan fingerprint density at radius 1 is 0.625 bits per heavy atom. The van der Waals surface area contributed by atoms with Crippen LogP contribution in [0.5, 0.6) is 11.5 Å². The number of esters is 2. The second kappa shape index (κ2) is 10.2. The molecule has 2 rings (SSSR count). The number of hydrogen-bond donors (Lipinski definition) is 0. The number of benzene rings is 2. The first kappa shape index (κ1) is 19.4. The highest BCUT2D eigenvalue weighted by molar-refractivity contribution is 5.74. The third-order valence-corrected chi connectivity index (χ3v) is 2.87. The van der Waals surface area contributed by atoms with E-state index in [9.17, 15) is 9.59 Å². The fourth-order valence-corrected chi connectivity index (χ4v) is 1.45. The summed E-state index contributed by atoms with van der Waals surface area (Å²) in [5.41, 5.74) is 0. The minimum Gasteiger partial charge on any atom is -0.426 e. The lowest BCUT2D eigenvalue weighted by molar-refractivity contribution is -0.138. The molecule has 2 aromatic carbocycles. The Hall–Kier alpha value is -2.62. The molecule has 0 aliphatic heterocycles. The van der Waals surface area contributed by atoms with E-state index in [1.54, 1.807) is 24.3 Å². The second-order valence-corrected chi connectivity index (χ2v) is 5.78. The minimum atomic E-state index is -0.193. The summed E-state index contributed by atoms with van der Waals surface area (Å²) in [5.74, 6) is 0.671. The van der Waals surface area contributed by atoms with Gasteiger partial charge in [0.2, 0.25) is 0 Å². The van der Waals surface area contributed by atoms with Crippen LogP contribution in [0.15, 0.2) is 60.7 Å². The standard InChI is InChI=1S/2C10H12O2/c2*1-8(2)10(11)12-9-6-4-3-5-7-9/h2*3-8H,1-2H3. The summed E-state index contributed by atoms with van der Waals surface area (Å²) in [7, 11) is 0. The van der Waals surface area contributed by atoms with Crippen LogP contribution in [0.1, 0.15) is 27.7 Å². The van der Waals surface area contributed by atoms with Crippen molar-refractivity contribution in [1.82, 2.24) is 0 Å². The van der Waals surface area contributed by atoms with Gasteiger partial charge in [0, 0.05) is 0 Å². The fourth-order valence-electron chi connectivity index (χ4n) is 1.45. The van der Waals surface area contributed by atoms with Gasteiger partial charge in [-0.2, -0.15) is 0 Å². The van der Waals surface area contributed by atoms with Gasteiger partial charge in [-0.05, 0) is 24.3 Å². The lowest BCUT2D eigenvalue weighted by Crippen LogP contribution is -2.14. The lowest BCUT2D eigenvalue weighted by Gasteiger charge is -2.05. The quantitative estimate of drug-likeness (QED) is 0.613. The minimum absolute atomic E-state index is 0.0785. The Morgan fingerprint density at radius 3 is 1.17 bits per heavy atom. The first-order chi connectivity index (χ1) is 11.4.